The van der Waals surface area contributed by atoms with Crippen LogP contribution in [0.2, 0.25) is 0 Å². The molecule has 0 bridgehead atoms. The Morgan fingerprint density at radius 2 is 1.93 bits per heavy atom. The summed E-state index contributed by atoms with van der Waals surface area (Å²) in [5, 5.41) is 0. The van der Waals surface area contributed by atoms with E-state index >= 15 is 0 Å². The SMILES string of the molecule is CN1C(=O)c2ccc(C[Si]O)cc2C1=O. The highest BCUT2D eigenvalue weighted by Crippen LogP contribution is 2.22. The fourth-order valence-electron chi connectivity index (χ4n) is 1.61. The standard InChI is InChI=1S/C10H9NO3Si/c1-11-9(12)7-3-2-6(5-15-14)4-8(7)10(11)13/h2-4,14H,5H2,1H3. The molecule has 1 aromatic rings. The van der Waals surface area contributed by atoms with Crippen LogP contribution in [0.5, 0.6) is 0 Å². The van der Waals surface area contributed by atoms with Gasteiger partial charge in [-0.25, -0.2) is 0 Å². The summed E-state index contributed by atoms with van der Waals surface area (Å²) < 4.78 is 0. The monoisotopic (exact) mass is 219 g/mol. The van der Waals surface area contributed by atoms with Crippen molar-refractivity contribution in [2.75, 3.05) is 7.05 Å². The third-order valence-corrected chi connectivity index (χ3v) is 3.00. The number of hydrogen-bond acceptors (Lipinski definition) is 3. The van der Waals surface area contributed by atoms with Gasteiger partial charge in [-0.2, -0.15) is 0 Å². The van der Waals surface area contributed by atoms with E-state index in [0.29, 0.717) is 17.2 Å². The lowest BCUT2D eigenvalue weighted by Crippen LogP contribution is -2.24. The minimum absolute atomic E-state index is 0.180. The van der Waals surface area contributed by atoms with Gasteiger partial charge in [-0.3, -0.25) is 14.5 Å². The summed E-state index contributed by atoms with van der Waals surface area (Å²) >= 11 is 0. The highest BCUT2D eigenvalue weighted by Gasteiger charge is 2.32. The molecule has 0 spiro atoms. The second kappa shape index (κ2) is 3.60. The lowest BCUT2D eigenvalue weighted by Gasteiger charge is -2.02. The van der Waals surface area contributed by atoms with Crippen LogP contribution in [0, 0.1) is 0 Å². The fourth-order valence-corrected chi connectivity index (χ4v) is 2.01. The molecule has 1 aliphatic heterocycles. The van der Waals surface area contributed by atoms with Crippen LogP contribution in [0.1, 0.15) is 26.3 Å². The molecule has 2 amide bonds. The molecule has 0 aromatic heterocycles. The molecule has 0 unspecified atom stereocenters. The molecule has 1 N–H and O–H groups in total. The van der Waals surface area contributed by atoms with Gasteiger partial charge in [-0.05, 0) is 23.7 Å². The number of nitrogens with zero attached hydrogens (tertiary/aromatic N) is 1. The largest absolute Gasteiger partial charge is 0.431 e. The highest BCUT2D eigenvalue weighted by atomic mass is 28.2. The first-order chi connectivity index (χ1) is 7.15. The molecule has 0 saturated heterocycles. The normalized spacial score (nSPS) is 14.7. The number of hydrogen-bond donors (Lipinski definition) is 1. The first-order valence-electron chi connectivity index (χ1n) is 4.47. The lowest BCUT2D eigenvalue weighted by atomic mass is 10.1. The van der Waals surface area contributed by atoms with Gasteiger partial charge in [0.2, 0.25) is 9.76 Å². The van der Waals surface area contributed by atoms with E-state index < -0.39 is 0 Å². The van der Waals surface area contributed by atoms with Crippen LogP contribution in [0.25, 0.3) is 0 Å². The number of carbonyl (C=O) groups is 2. The van der Waals surface area contributed by atoms with E-state index in [1.165, 1.54) is 7.05 Å². The third-order valence-electron chi connectivity index (χ3n) is 2.44. The average molecular weight is 219 g/mol. The van der Waals surface area contributed by atoms with Crippen molar-refractivity contribution in [3.05, 3.63) is 34.9 Å². The molecule has 4 nitrogen and oxygen atoms in total. The molecule has 0 saturated carbocycles. The van der Waals surface area contributed by atoms with Crippen molar-refractivity contribution in [3.63, 3.8) is 0 Å². The smallest absolute Gasteiger partial charge is 0.261 e. The molecule has 5 heteroatoms. The molecular formula is C10H9NO3Si. The van der Waals surface area contributed by atoms with E-state index in [4.69, 9.17) is 4.80 Å². The highest BCUT2D eigenvalue weighted by molar-refractivity contribution is 6.25. The molecule has 1 heterocycles. The Morgan fingerprint density at radius 3 is 2.60 bits per heavy atom. The van der Waals surface area contributed by atoms with Gasteiger partial charge < -0.3 is 4.80 Å². The van der Waals surface area contributed by atoms with Gasteiger partial charge in [0.15, 0.2) is 0 Å². The van der Waals surface area contributed by atoms with Crippen LogP contribution in [-0.4, -0.2) is 38.3 Å². The van der Waals surface area contributed by atoms with Gasteiger partial charge in [0, 0.05) is 7.05 Å². The molecule has 2 radical (unpaired) electrons. The maximum atomic E-state index is 11.6. The number of carbonyl (C=O) groups excluding carboxylic acids is 2. The second-order valence-corrected chi connectivity index (χ2v) is 4.05. The minimum atomic E-state index is -0.266. The molecule has 2 rings (SSSR count). The zero-order valence-corrected chi connectivity index (χ0v) is 9.15. The molecule has 76 valence electrons. The summed E-state index contributed by atoms with van der Waals surface area (Å²) in [4.78, 5) is 33.1. The quantitative estimate of drug-likeness (QED) is 0.563. The van der Waals surface area contributed by atoms with E-state index in [-0.39, 0.29) is 21.6 Å². The van der Waals surface area contributed by atoms with Crippen molar-refractivity contribution in [2.45, 2.75) is 6.04 Å². The Balaban J connectivity index is 2.47. The van der Waals surface area contributed by atoms with Gasteiger partial charge >= 0.3 is 0 Å². The summed E-state index contributed by atoms with van der Waals surface area (Å²) in [5.74, 6) is -0.522. The number of benzene rings is 1. The Kier molecular flexibility index (Phi) is 2.41. The van der Waals surface area contributed by atoms with Gasteiger partial charge in [0.05, 0.1) is 11.1 Å². The Hall–Kier alpha value is -1.46. The van der Waals surface area contributed by atoms with Crippen LogP contribution in [0.4, 0.5) is 0 Å². The van der Waals surface area contributed by atoms with Crippen LogP contribution >= 0.6 is 0 Å². The summed E-state index contributed by atoms with van der Waals surface area (Å²) in [6.45, 7) is 0. The topological polar surface area (TPSA) is 57.6 Å². The van der Waals surface area contributed by atoms with Gasteiger partial charge in [0.25, 0.3) is 11.8 Å². The van der Waals surface area contributed by atoms with Crippen molar-refractivity contribution in [1.29, 1.82) is 0 Å². The minimum Gasteiger partial charge on any atom is -0.431 e. The predicted molar refractivity (Wildman–Crippen MR) is 54.5 cm³/mol. The second-order valence-electron chi connectivity index (χ2n) is 3.38. The molecule has 15 heavy (non-hydrogen) atoms. The number of amides is 2. The van der Waals surface area contributed by atoms with Crippen molar-refractivity contribution < 1.29 is 14.4 Å². The lowest BCUT2D eigenvalue weighted by molar-refractivity contribution is 0.0693. The van der Waals surface area contributed by atoms with E-state index in [0.717, 1.165) is 10.5 Å². The predicted octanol–water partition coefficient (Wildman–Crippen LogP) is 0.0239. The summed E-state index contributed by atoms with van der Waals surface area (Å²) in [7, 11) is 1.29. The zero-order valence-electron chi connectivity index (χ0n) is 8.15. The zero-order chi connectivity index (χ0) is 11.0. The van der Waals surface area contributed by atoms with Crippen molar-refractivity contribution in [1.82, 2.24) is 4.90 Å². The van der Waals surface area contributed by atoms with E-state index in [9.17, 15) is 9.59 Å². The van der Waals surface area contributed by atoms with Crippen LogP contribution in [-0.2, 0) is 6.04 Å². The maximum Gasteiger partial charge on any atom is 0.261 e. The fraction of sp³-hybridized carbons (Fsp3) is 0.200. The molecule has 0 aliphatic carbocycles. The van der Waals surface area contributed by atoms with Gasteiger partial charge in [0.1, 0.15) is 0 Å². The summed E-state index contributed by atoms with van der Waals surface area (Å²) in [5.41, 5.74) is 1.77. The van der Waals surface area contributed by atoms with Gasteiger partial charge in [-0.1, -0.05) is 6.07 Å². The molecular weight excluding hydrogens is 210 g/mol. The Morgan fingerprint density at radius 1 is 1.27 bits per heavy atom. The molecule has 0 atom stereocenters. The maximum absolute atomic E-state index is 11.6. The number of rotatable bonds is 2. The van der Waals surface area contributed by atoms with E-state index in [1.807, 2.05) is 0 Å². The molecule has 1 aliphatic rings. The number of fused-ring (bicyclic) bond motifs is 1. The summed E-state index contributed by atoms with van der Waals surface area (Å²) in [6.07, 6.45) is 0. The van der Waals surface area contributed by atoms with Gasteiger partial charge in [-0.15, -0.1) is 0 Å². The summed E-state index contributed by atoms with van der Waals surface area (Å²) in [6, 6.07) is 5.63. The first-order valence-corrected chi connectivity index (χ1v) is 5.63. The average Bonchev–Trinajstić information content (AvgIpc) is 2.45. The van der Waals surface area contributed by atoms with Crippen LogP contribution in [0.15, 0.2) is 18.2 Å². The third kappa shape index (κ3) is 1.49. The van der Waals surface area contributed by atoms with Crippen molar-refractivity contribution in [3.8, 4) is 0 Å². The molecule has 0 fully saturated rings. The van der Waals surface area contributed by atoms with E-state index in [2.05, 4.69) is 0 Å². The molecule has 1 aromatic carbocycles. The Labute approximate surface area is 89.5 Å². The number of imide groups is 1. The van der Waals surface area contributed by atoms with Crippen LogP contribution < -0.4 is 0 Å². The van der Waals surface area contributed by atoms with E-state index in [1.54, 1.807) is 18.2 Å². The van der Waals surface area contributed by atoms with Crippen LogP contribution in [0.3, 0.4) is 0 Å². The Bertz CT molecular complexity index is 444. The first kappa shape index (κ1) is 10.1. The van der Waals surface area contributed by atoms with Crippen molar-refractivity contribution in [2.24, 2.45) is 0 Å². The van der Waals surface area contributed by atoms with Crippen molar-refractivity contribution >= 4 is 21.6 Å².